The minimum Gasteiger partial charge on any atom is -0.463 e. The molecular weight excluding hydrogens is 490 g/mol. The quantitative estimate of drug-likeness (QED) is 0.114. The first-order chi connectivity index (χ1) is 19.5. The summed E-state index contributed by atoms with van der Waals surface area (Å²) in [5.41, 5.74) is 5.23. The van der Waals surface area contributed by atoms with Crippen LogP contribution in [0.5, 0.6) is 0 Å². The van der Waals surface area contributed by atoms with Gasteiger partial charge >= 0.3 is 5.97 Å². The molecule has 3 nitrogen and oxygen atoms in total. The molecule has 2 aromatic rings. The first kappa shape index (κ1) is 31.7. The Morgan fingerprint density at radius 2 is 1.60 bits per heavy atom. The normalized spacial score (nSPS) is 19.5. The lowest BCUT2D eigenvalue weighted by atomic mass is 9.66. The van der Waals surface area contributed by atoms with Crippen molar-refractivity contribution in [2.45, 2.75) is 122 Å². The van der Waals surface area contributed by atoms with Gasteiger partial charge in [-0.05, 0) is 72.6 Å². The van der Waals surface area contributed by atoms with Crippen LogP contribution in [0.3, 0.4) is 0 Å². The van der Waals surface area contributed by atoms with Crippen LogP contribution in [0.2, 0.25) is 0 Å². The molecule has 3 atom stereocenters. The van der Waals surface area contributed by atoms with Crippen molar-refractivity contribution in [3.05, 3.63) is 72.3 Å². The largest absolute Gasteiger partial charge is 0.463 e. The molecule has 0 aromatic heterocycles. The summed E-state index contributed by atoms with van der Waals surface area (Å²) in [6.45, 7) is 8.48. The molecule has 0 saturated heterocycles. The molecule has 3 unspecified atom stereocenters. The summed E-state index contributed by atoms with van der Waals surface area (Å²) in [5, 5.41) is 10.2. The van der Waals surface area contributed by atoms with Gasteiger partial charge in [0, 0.05) is 6.08 Å². The Kier molecular flexibility index (Phi) is 13.5. The van der Waals surface area contributed by atoms with Crippen LogP contribution in [-0.4, -0.2) is 12.6 Å². The van der Waals surface area contributed by atoms with Crippen molar-refractivity contribution < 1.29 is 9.53 Å². The second-order valence-corrected chi connectivity index (χ2v) is 12.1. The van der Waals surface area contributed by atoms with Gasteiger partial charge in [-0.1, -0.05) is 127 Å². The standard InChI is InChI=1S/C37H51NO2/c1-4-15-30(3)31-17-19-32(20-18-31)33-21-23-34(24-22-33)35-16-14-26-37(28-35,29-38)25-12-10-8-6-7-9-11-13-27-40-36(39)5-2/h5,17-24,30,35H,2,4,6-16,25-28H2,1,3H3. The molecule has 3 rings (SSSR count). The van der Waals surface area contributed by atoms with Gasteiger partial charge in [-0.25, -0.2) is 4.79 Å². The van der Waals surface area contributed by atoms with Crippen LogP contribution in [-0.2, 0) is 9.53 Å². The SMILES string of the molecule is C=CC(=O)OCCCCCCCCCCC1(C#N)CCCC(c2ccc(-c3ccc(C(C)CCC)cc3)cc2)C1. The minimum atomic E-state index is -0.328. The van der Waals surface area contributed by atoms with Crippen LogP contribution in [0, 0.1) is 16.7 Å². The Hall–Kier alpha value is -2.86. The van der Waals surface area contributed by atoms with Crippen LogP contribution >= 0.6 is 0 Å². The maximum atomic E-state index is 11.0. The third-order valence-electron chi connectivity index (χ3n) is 8.96. The molecule has 0 amide bonds. The van der Waals surface area contributed by atoms with E-state index in [1.807, 2.05) is 0 Å². The lowest BCUT2D eigenvalue weighted by molar-refractivity contribution is -0.137. The Morgan fingerprint density at radius 1 is 1.00 bits per heavy atom. The third-order valence-corrected chi connectivity index (χ3v) is 8.96. The van der Waals surface area contributed by atoms with Crippen molar-refractivity contribution in [3.63, 3.8) is 0 Å². The molecule has 1 saturated carbocycles. The van der Waals surface area contributed by atoms with Gasteiger partial charge in [0.05, 0.1) is 18.1 Å². The van der Waals surface area contributed by atoms with E-state index in [1.54, 1.807) is 0 Å². The van der Waals surface area contributed by atoms with Crippen molar-refractivity contribution in [1.29, 1.82) is 5.26 Å². The van der Waals surface area contributed by atoms with Crippen molar-refractivity contribution in [2.24, 2.45) is 5.41 Å². The number of esters is 1. The molecule has 40 heavy (non-hydrogen) atoms. The van der Waals surface area contributed by atoms with Gasteiger partial charge in [0.2, 0.25) is 0 Å². The summed E-state index contributed by atoms with van der Waals surface area (Å²) in [6.07, 6.45) is 18.5. The van der Waals surface area contributed by atoms with Crippen LogP contribution in [0.25, 0.3) is 11.1 Å². The number of nitrogens with zero attached hydrogens (tertiary/aromatic N) is 1. The van der Waals surface area contributed by atoms with Crippen LogP contribution in [0.15, 0.2) is 61.2 Å². The Labute approximate surface area is 244 Å². The van der Waals surface area contributed by atoms with Crippen LogP contribution in [0.1, 0.15) is 133 Å². The average Bonchev–Trinajstić information content (AvgIpc) is 3.00. The maximum Gasteiger partial charge on any atom is 0.330 e. The first-order valence-electron chi connectivity index (χ1n) is 15.9. The van der Waals surface area contributed by atoms with Gasteiger partial charge in [0.15, 0.2) is 0 Å². The summed E-state index contributed by atoms with van der Waals surface area (Å²) >= 11 is 0. The number of ether oxygens (including phenoxy) is 1. The molecule has 0 radical (unpaired) electrons. The monoisotopic (exact) mass is 541 g/mol. The molecule has 0 N–H and O–H groups in total. The zero-order chi connectivity index (χ0) is 28.6. The highest BCUT2D eigenvalue weighted by Crippen LogP contribution is 2.47. The van der Waals surface area contributed by atoms with E-state index in [0.29, 0.717) is 18.4 Å². The molecule has 1 fully saturated rings. The molecule has 1 aliphatic rings. The molecule has 0 heterocycles. The lowest BCUT2D eigenvalue weighted by Gasteiger charge is -2.36. The Balaban J connectivity index is 1.40. The van der Waals surface area contributed by atoms with Crippen molar-refractivity contribution in [1.82, 2.24) is 0 Å². The second kappa shape index (κ2) is 17.1. The smallest absolute Gasteiger partial charge is 0.330 e. The fourth-order valence-electron chi connectivity index (χ4n) is 6.44. The summed E-state index contributed by atoms with van der Waals surface area (Å²) in [7, 11) is 0. The fourth-order valence-corrected chi connectivity index (χ4v) is 6.44. The molecule has 1 aliphatic carbocycles. The minimum absolute atomic E-state index is 0.157. The van der Waals surface area contributed by atoms with Gasteiger partial charge in [0.25, 0.3) is 0 Å². The number of carbonyl (C=O) groups is 1. The van der Waals surface area contributed by atoms with Gasteiger partial charge in [-0.3, -0.25) is 0 Å². The molecule has 3 heteroatoms. The highest BCUT2D eigenvalue weighted by Gasteiger charge is 2.36. The Bertz CT molecular complexity index is 1060. The second-order valence-electron chi connectivity index (χ2n) is 12.1. The van der Waals surface area contributed by atoms with Gasteiger partial charge in [-0.15, -0.1) is 0 Å². The zero-order valence-corrected chi connectivity index (χ0v) is 25.1. The zero-order valence-electron chi connectivity index (χ0n) is 25.1. The van der Waals surface area contributed by atoms with Crippen molar-refractivity contribution in [3.8, 4) is 17.2 Å². The first-order valence-corrected chi connectivity index (χ1v) is 15.9. The predicted octanol–water partition coefficient (Wildman–Crippen LogP) is 10.7. The summed E-state index contributed by atoms with van der Waals surface area (Å²) in [6, 6.07) is 21.1. The molecule has 0 spiro atoms. The van der Waals surface area contributed by atoms with Crippen molar-refractivity contribution >= 4 is 5.97 Å². The highest BCUT2D eigenvalue weighted by atomic mass is 16.5. The highest BCUT2D eigenvalue weighted by molar-refractivity contribution is 5.81. The Morgan fingerprint density at radius 3 is 2.20 bits per heavy atom. The summed E-state index contributed by atoms with van der Waals surface area (Å²) < 4.78 is 5.02. The van der Waals surface area contributed by atoms with E-state index in [1.165, 1.54) is 79.7 Å². The number of carbonyl (C=O) groups excluding carboxylic acids is 1. The number of hydrogen-bond acceptors (Lipinski definition) is 3. The van der Waals surface area contributed by atoms with Crippen molar-refractivity contribution in [2.75, 3.05) is 6.61 Å². The molecule has 216 valence electrons. The molecule has 2 aromatic carbocycles. The fraction of sp³-hybridized carbons (Fsp3) is 0.568. The lowest BCUT2D eigenvalue weighted by Crippen LogP contribution is -2.26. The number of nitriles is 1. The van der Waals surface area contributed by atoms with E-state index >= 15 is 0 Å². The van der Waals surface area contributed by atoms with E-state index < -0.39 is 0 Å². The number of benzene rings is 2. The van der Waals surface area contributed by atoms with E-state index in [2.05, 4.69) is 75.0 Å². The number of hydrogen-bond donors (Lipinski definition) is 0. The van der Waals surface area contributed by atoms with Gasteiger partial charge < -0.3 is 4.74 Å². The van der Waals surface area contributed by atoms with E-state index in [4.69, 9.17) is 4.74 Å². The van der Waals surface area contributed by atoms with Crippen LogP contribution < -0.4 is 0 Å². The third kappa shape index (κ3) is 9.96. The number of rotatable bonds is 17. The predicted molar refractivity (Wildman–Crippen MR) is 167 cm³/mol. The van der Waals surface area contributed by atoms with Gasteiger partial charge in [-0.2, -0.15) is 5.26 Å². The van der Waals surface area contributed by atoms with Crippen LogP contribution in [0.4, 0.5) is 0 Å². The van der Waals surface area contributed by atoms with E-state index in [-0.39, 0.29) is 11.4 Å². The van der Waals surface area contributed by atoms with E-state index in [0.717, 1.165) is 44.9 Å². The summed E-state index contributed by atoms with van der Waals surface area (Å²) in [4.78, 5) is 11.0. The topological polar surface area (TPSA) is 50.1 Å². The molecular formula is C37H51NO2. The maximum absolute atomic E-state index is 11.0. The number of unbranched alkanes of at least 4 members (excludes halogenated alkanes) is 7. The van der Waals surface area contributed by atoms with Gasteiger partial charge in [0.1, 0.15) is 0 Å². The summed E-state index contributed by atoms with van der Waals surface area (Å²) in [5.74, 6) is 0.781. The van der Waals surface area contributed by atoms with E-state index in [9.17, 15) is 10.1 Å². The average molecular weight is 542 g/mol. The molecule has 0 bridgehead atoms. The molecule has 0 aliphatic heterocycles.